The van der Waals surface area contributed by atoms with Gasteiger partial charge in [-0.05, 0) is 42.5 Å². The zero-order chi connectivity index (χ0) is 21.0. The molecule has 5 nitrogen and oxygen atoms in total. The number of halogens is 2. The molecule has 0 saturated carbocycles. The van der Waals surface area contributed by atoms with Crippen LogP contribution in [-0.2, 0) is 9.73 Å². The van der Waals surface area contributed by atoms with Gasteiger partial charge >= 0.3 is 0 Å². The van der Waals surface area contributed by atoms with E-state index in [9.17, 15) is 14.1 Å². The summed E-state index contributed by atoms with van der Waals surface area (Å²) in [6, 6.07) is 12.4. The van der Waals surface area contributed by atoms with E-state index in [4.69, 9.17) is 23.2 Å². The van der Waals surface area contributed by atoms with E-state index in [-0.39, 0.29) is 16.2 Å². The van der Waals surface area contributed by atoms with Gasteiger partial charge in [-0.3, -0.25) is 9.78 Å². The third-order valence-electron chi connectivity index (χ3n) is 3.71. The first-order valence-electron chi connectivity index (χ1n) is 8.22. The van der Waals surface area contributed by atoms with Crippen molar-refractivity contribution in [1.29, 1.82) is 0 Å². The first-order chi connectivity index (χ1) is 13.7. The standard InChI is InChI=1S/C21H14Cl2N2O3S/c1-29(28,20-10-17(22)9-18(23)11-20)25-21(27)16-7-15(12-24-13-16)6-5-14-3-2-4-19(26)8-14/h2-4,7-13,26H,1H3. The summed E-state index contributed by atoms with van der Waals surface area (Å²) < 4.78 is 16.8. The first kappa shape index (κ1) is 20.9. The molecule has 8 heteroatoms. The second-order valence-electron chi connectivity index (χ2n) is 6.07. The van der Waals surface area contributed by atoms with Crippen LogP contribution in [0.5, 0.6) is 5.75 Å². The van der Waals surface area contributed by atoms with E-state index in [2.05, 4.69) is 21.2 Å². The number of benzene rings is 2. The van der Waals surface area contributed by atoms with Gasteiger partial charge in [0.2, 0.25) is 0 Å². The average Bonchev–Trinajstić information content (AvgIpc) is 2.65. The number of carbonyl (C=O) groups is 1. The molecule has 146 valence electrons. The summed E-state index contributed by atoms with van der Waals surface area (Å²) in [7, 11) is -3.06. The SMILES string of the molecule is CS(=O)(=NC(=O)c1cncc(C#Cc2cccc(O)c2)c1)c1cc(Cl)cc(Cl)c1. The van der Waals surface area contributed by atoms with Crippen molar-refractivity contribution >= 4 is 38.8 Å². The molecule has 0 bridgehead atoms. The van der Waals surface area contributed by atoms with Crippen LogP contribution in [0.2, 0.25) is 10.0 Å². The monoisotopic (exact) mass is 444 g/mol. The van der Waals surface area contributed by atoms with Crippen LogP contribution in [0.15, 0.2) is 70.2 Å². The number of aromatic nitrogens is 1. The van der Waals surface area contributed by atoms with E-state index in [1.54, 1.807) is 18.2 Å². The van der Waals surface area contributed by atoms with E-state index >= 15 is 0 Å². The van der Waals surface area contributed by atoms with Crippen LogP contribution in [0.1, 0.15) is 21.5 Å². The highest BCUT2D eigenvalue weighted by Crippen LogP contribution is 2.23. The van der Waals surface area contributed by atoms with E-state index in [1.807, 2.05) is 0 Å². The van der Waals surface area contributed by atoms with Gasteiger partial charge in [-0.2, -0.15) is 4.36 Å². The molecule has 0 radical (unpaired) electrons. The van der Waals surface area contributed by atoms with Crippen molar-refractivity contribution in [2.24, 2.45) is 4.36 Å². The normalized spacial score (nSPS) is 12.4. The fourth-order valence-corrected chi connectivity index (χ4v) is 4.24. The molecular formula is C21H14Cl2N2O3S. The Labute approximate surface area is 178 Å². The summed E-state index contributed by atoms with van der Waals surface area (Å²) in [4.78, 5) is 16.8. The summed E-state index contributed by atoms with van der Waals surface area (Å²) in [5.74, 6) is 5.16. The number of carbonyl (C=O) groups excluding carboxylic acids is 1. The minimum Gasteiger partial charge on any atom is -0.508 e. The molecule has 0 aliphatic heterocycles. The molecule has 3 rings (SSSR count). The summed E-state index contributed by atoms with van der Waals surface area (Å²) in [5.41, 5.74) is 1.24. The third-order valence-corrected chi connectivity index (χ3v) is 5.77. The lowest BCUT2D eigenvalue weighted by Gasteiger charge is -2.05. The van der Waals surface area contributed by atoms with Gasteiger partial charge in [-0.1, -0.05) is 41.1 Å². The van der Waals surface area contributed by atoms with Crippen molar-refractivity contribution in [3.05, 3.63) is 87.7 Å². The van der Waals surface area contributed by atoms with Crippen molar-refractivity contribution in [3.8, 4) is 17.6 Å². The van der Waals surface area contributed by atoms with Gasteiger partial charge in [0.1, 0.15) is 5.75 Å². The molecule has 1 aromatic heterocycles. The van der Waals surface area contributed by atoms with Gasteiger partial charge in [-0.25, -0.2) is 4.21 Å². The Bertz CT molecular complexity index is 1270. The second-order valence-corrected chi connectivity index (χ2v) is 9.20. The number of hydrogen-bond donors (Lipinski definition) is 1. The topological polar surface area (TPSA) is 79.6 Å². The Kier molecular flexibility index (Phi) is 6.23. The molecule has 3 aromatic rings. The number of hydrogen-bond acceptors (Lipinski definition) is 4. The van der Waals surface area contributed by atoms with Crippen LogP contribution in [0.25, 0.3) is 0 Å². The number of amides is 1. The molecule has 1 unspecified atom stereocenters. The summed E-state index contributed by atoms with van der Waals surface area (Å²) >= 11 is 11.9. The van der Waals surface area contributed by atoms with Gasteiger partial charge in [0.15, 0.2) is 0 Å². The average molecular weight is 445 g/mol. The maximum absolute atomic E-state index is 12.9. The van der Waals surface area contributed by atoms with Crippen LogP contribution in [0.3, 0.4) is 0 Å². The van der Waals surface area contributed by atoms with E-state index in [0.29, 0.717) is 21.2 Å². The molecule has 2 aromatic carbocycles. The van der Waals surface area contributed by atoms with Crippen molar-refractivity contribution in [1.82, 2.24) is 4.98 Å². The van der Waals surface area contributed by atoms with E-state index in [0.717, 1.165) is 0 Å². The summed E-state index contributed by atoms with van der Waals surface area (Å²) in [5, 5.41) is 10.1. The molecule has 1 N–H and O–H groups in total. The van der Waals surface area contributed by atoms with E-state index < -0.39 is 15.6 Å². The van der Waals surface area contributed by atoms with Crippen molar-refractivity contribution in [2.45, 2.75) is 4.90 Å². The van der Waals surface area contributed by atoms with Crippen LogP contribution in [-0.4, -0.2) is 26.5 Å². The number of rotatable bonds is 2. The number of nitrogens with zero attached hydrogens (tertiary/aromatic N) is 2. The Hall–Kier alpha value is -2.85. The lowest BCUT2D eigenvalue weighted by atomic mass is 10.1. The highest BCUT2D eigenvalue weighted by molar-refractivity contribution is 7.93. The number of phenols is 1. The van der Waals surface area contributed by atoms with Crippen molar-refractivity contribution in [3.63, 3.8) is 0 Å². The number of aromatic hydroxyl groups is 1. The number of phenolic OH excluding ortho intramolecular Hbond substituents is 1. The van der Waals surface area contributed by atoms with Crippen LogP contribution in [0.4, 0.5) is 0 Å². The second kappa shape index (κ2) is 8.66. The van der Waals surface area contributed by atoms with Gasteiger partial charge in [-0.15, -0.1) is 0 Å². The fourth-order valence-electron chi connectivity index (χ4n) is 2.36. The molecule has 1 heterocycles. The molecule has 0 spiro atoms. The highest BCUT2D eigenvalue weighted by atomic mass is 35.5. The van der Waals surface area contributed by atoms with E-state index in [1.165, 1.54) is 49.0 Å². The first-order valence-corrected chi connectivity index (χ1v) is 10.9. The Balaban J connectivity index is 1.91. The van der Waals surface area contributed by atoms with Gasteiger partial charge in [0, 0.05) is 39.8 Å². The fraction of sp³-hybridized carbons (Fsp3) is 0.0476. The van der Waals surface area contributed by atoms with Gasteiger partial charge in [0.05, 0.1) is 20.2 Å². The van der Waals surface area contributed by atoms with Gasteiger partial charge in [0.25, 0.3) is 5.91 Å². The zero-order valence-corrected chi connectivity index (χ0v) is 17.4. The summed E-state index contributed by atoms with van der Waals surface area (Å²) in [6.07, 6.45) is 4.16. The minimum atomic E-state index is -3.06. The Morgan fingerprint density at radius 3 is 2.41 bits per heavy atom. The third kappa shape index (κ3) is 5.58. The molecule has 0 fully saturated rings. The number of pyridine rings is 1. The quantitative estimate of drug-likeness (QED) is 0.576. The molecule has 0 saturated heterocycles. The highest BCUT2D eigenvalue weighted by Gasteiger charge is 2.13. The predicted octanol–water partition coefficient (Wildman–Crippen LogP) is 4.79. The Morgan fingerprint density at radius 1 is 1.03 bits per heavy atom. The molecule has 1 amide bonds. The minimum absolute atomic E-state index is 0.108. The largest absolute Gasteiger partial charge is 0.508 e. The lowest BCUT2D eigenvalue weighted by Crippen LogP contribution is -2.04. The van der Waals surface area contributed by atoms with Crippen LogP contribution >= 0.6 is 23.2 Å². The van der Waals surface area contributed by atoms with Crippen molar-refractivity contribution < 1.29 is 14.1 Å². The van der Waals surface area contributed by atoms with Crippen LogP contribution < -0.4 is 0 Å². The molecular weight excluding hydrogens is 431 g/mol. The van der Waals surface area contributed by atoms with Crippen LogP contribution in [0, 0.1) is 11.8 Å². The maximum atomic E-state index is 12.9. The summed E-state index contributed by atoms with van der Waals surface area (Å²) in [6.45, 7) is 0. The molecule has 0 aliphatic rings. The predicted molar refractivity (Wildman–Crippen MR) is 114 cm³/mol. The maximum Gasteiger partial charge on any atom is 0.286 e. The molecule has 0 aliphatic carbocycles. The van der Waals surface area contributed by atoms with Crippen molar-refractivity contribution in [2.75, 3.05) is 6.26 Å². The Morgan fingerprint density at radius 2 is 1.72 bits per heavy atom. The molecule has 29 heavy (non-hydrogen) atoms. The lowest BCUT2D eigenvalue weighted by molar-refractivity contribution is 0.100. The zero-order valence-electron chi connectivity index (χ0n) is 15.1. The van der Waals surface area contributed by atoms with Gasteiger partial charge < -0.3 is 5.11 Å². The smallest absolute Gasteiger partial charge is 0.286 e. The molecule has 1 atom stereocenters.